The van der Waals surface area contributed by atoms with E-state index in [4.69, 9.17) is 9.47 Å². The number of thiazole rings is 1. The molecule has 1 aromatic heterocycles. The minimum absolute atomic E-state index is 0.201. The standard InChI is InChI=1S/C15H15NO3S/c1-15(2)14-13(9-6-4-5-7-10(9)19-15)16-11(20-14)8-12(17)18-3/h4-7H,8H2,1-3H3. The molecular weight excluding hydrogens is 274 g/mol. The summed E-state index contributed by atoms with van der Waals surface area (Å²) >= 11 is 1.51. The van der Waals surface area contributed by atoms with E-state index in [1.54, 1.807) is 0 Å². The number of rotatable bonds is 2. The largest absolute Gasteiger partial charge is 0.482 e. The van der Waals surface area contributed by atoms with Crippen molar-refractivity contribution in [2.24, 2.45) is 0 Å². The van der Waals surface area contributed by atoms with E-state index in [-0.39, 0.29) is 12.4 Å². The molecule has 0 bridgehead atoms. The van der Waals surface area contributed by atoms with Gasteiger partial charge in [0.15, 0.2) is 0 Å². The average molecular weight is 289 g/mol. The predicted molar refractivity (Wildman–Crippen MR) is 76.9 cm³/mol. The molecule has 2 heterocycles. The van der Waals surface area contributed by atoms with Crippen LogP contribution >= 0.6 is 11.3 Å². The van der Waals surface area contributed by atoms with Gasteiger partial charge in [-0.25, -0.2) is 4.98 Å². The number of ether oxygens (including phenoxy) is 2. The van der Waals surface area contributed by atoms with E-state index in [9.17, 15) is 4.79 Å². The first-order valence-corrected chi connectivity index (χ1v) is 7.18. The molecule has 104 valence electrons. The Bertz CT molecular complexity index is 676. The highest BCUT2D eigenvalue weighted by molar-refractivity contribution is 7.12. The maximum absolute atomic E-state index is 11.4. The van der Waals surface area contributed by atoms with Crippen LogP contribution in [0, 0.1) is 0 Å². The Morgan fingerprint density at radius 2 is 2.15 bits per heavy atom. The number of carbonyl (C=O) groups is 1. The van der Waals surface area contributed by atoms with Crippen molar-refractivity contribution in [1.82, 2.24) is 4.98 Å². The third kappa shape index (κ3) is 2.08. The molecule has 0 atom stereocenters. The zero-order valence-corrected chi connectivity index (χ0v) is 12.4. The lowest BCUT2D eigenvalue weighted by Gasteiger charge is -2.31. The lowest BCUT2D eigenvalue weighted by atomic mass is 9.97. The number of hydrogen-bond acceptors (Lipinski definition) is 5. The molecule has 0 aliphatic carbocycles. The second kappa shape index (κ2) is 4.59. The molecule has 1 aliphatic heterocycles. The van der Waals surface area contributed by atoms with Crippen LogP contribution in [0.25, 0.3) is 11.3 Å². The molecule has 1 aliphatic rings. The van der Waals surface area contributed by atoms with Crippen LogP contribution in [0.4, 0.5) is 0 Å². The Morgan fingerprint density at radius 3 is 2.90 bits per heavy atom. The number of aromatic nitrogens is 1. The molecule has 0 saturated carbocycles. The quantitative estimate of drug-likeness (QED) is 0.797. The summed E-state index contributed by atoms with van der Waals surface area (Å²) in [6.07, 6.45) is 0.201. The smallest absolute Gasteiger partial charge is 0.312 e. The van der Waals surface area contributed by atoms with E-state index in [1.165, 1.54) is 18.4 Å². The van der Waals surface area contributed by atoms with Gasteiger partial charge in [-0.05, 0) is 26.0 Å². The minimum Gasteiger partial charge on any atom is -0.482 e. The van der Waals surface area contributed by atoms with Gasteiger partial charge in [0.2, 0.25) is 0 Å². The number of nitrogens with zero attached hydrogens (tertiary/aromatic N) is 1. The van der Waals surface area contributed by atoms with Gasteiger partial charge in [-0.2, -0.15) is 0 Å². The summed E-state index contributed by atoms with van der Waals surface area (Å²) in [6.45, 7) is 4.03. The van der Waals surface area contributed by atoms with Crippen LogP contribution in [0.3, 0.4) is 0 Å². The van der Waals surface area contributed by atoms with Crippen molar-refractivity contribution >= 4 is 17.3 Å². The summed E-state index contributed by atoms with van der Waals surface area (Å²) in [5, 5.41) is 0.759. The first-order chi connectivity index (χ1) is 9.51. The second-order valence-corrected chi connectivity index (χ2v) is 6.23. The Kier molecular flexibility index (Phi) is 3.01. The van der Waals surface area contributed by atoms with Crippen LogP contribution in [0.15, 0.2) is 24.3 Å². The Hall–Kier alpha value is -1.88. The van der Waals surface area contributed by atoms with E-state index in [0.717, 1.165) is 26.9 Å². The minimum atomic E-state index is -0.435. The van der Waals surface area contributed by atoms with Crippen LogP contribution in [0.1, 0.15) is 23.7 Å². The fraction of sp³-hybridized carbons (Fsp3) is 0.333. The molecule has 1 aromatic carbocycles. The van der Waals surface area contributed by atoms with Crippen LogP contribution in [-0.4, -0.2) is 18.1 Å². The molecule has 0 N–H and O–H groups in total. The summed E-state index contributed by atoms with van der Waals surface area (Å²) in [4.78, 5) is 17.1. The van der Waals surface area contributed by atoms with E-state index in [2.05, 4.69) is 4.98 Å². The Labute approximate surface area is 121 Å². The molecule has 0 saturated heterocycles. The zero-order chi connectivity index (χ0) is 14.3. The van der Waals surface area contributed by atoms with Crippen molar-refractivity contribution in [3.8, 4) is 17.0 Å². The summed E-state index contributed by atoms with van der Waals surface area (Å²) in [5.41, 5.74) is 1.46. The molecule has 0 fully saturated rings. The lowest BCUT2D eigenvalue weighted by molar-refractivity contribution is -0.139. The van der Waals surface area contributed by atoms with Crippen molar-refractivity contribution in [2.75, 3.05) is 7.11 Å². The summed E-state index contributed by atoms with van der Waals surface area (Å²) in [7, 11) is 1.39. The zero-order valence-electron chi connectivity index (χ0n) is 11.6. The first kappa shape index (κ1) is 13.1. The van der Waals surface area contributed by atoms with Crippen molar-refractivity contribution in [1.29, 1.82) is 0 Å². The van der Waals surface area contributed by atoms with Crippen molar-refractivity contribution in [2.45, 2.75) is 25.9 Å². The molecule has 0 spiro atoms. The van der Waals surface area contributed by atoms with Gasteiger partial charge in [-0.1, -0.05) is 12.1 Å². The van der Waals surface area contributed by atoms with Crippen molar-refractivity contribution in [3.63, 3.8) is 0 Å². The lowest BCUT2D eigenvalue weighted by Crippen LogP contribution is -2.27. The number of para-hydroxylation sites is 1. The maximum atomic E-state index is 11.4. The number of hydrogen-bond donors (Lipinski definition) is 0. The SMILES string of the molecule is COC(=O)Cc1nc2c(s1)C(C)(C)Oc1ccccc1-2. The van der Waals surface area contributed by atoms with Crippen molar-refractivity contribution < 1.29 is 14.3 Å². The van der Waals surface area contributed by atoms with Crippen molar-refractivity contribution in [3.05, 3.63) is 34.2 Å². The van der Waals surface area contributed by atoms with Gasteiger partial charge in [-0.15, -0.1) is 11.3 Å². The predicted octanol–water partition coefficient (Wildman–Crippen LogP) is 3.15. The number of methoxy groups -OCH3 is 1. The van der Waals surface area contributed by atoms with Gasteiger partial charge in [0.05, 0.1) is 24.1 Å². The Balaban J connectivity index is 2.10. The van der Waals surface area contributed by atoms with E-state index >= 15 is 0 Å². The highest BCUT2D eigenvalue weighted by Crippen LogP contribution is 2.47. The fourth-order valence-electron chi connectivity index (χ4n) is 2.30. The number of carbonyl (C=O) groups excluding carboxylic acids is 1. The van der Waals surface area contributed by atoms with Gasteiger partial charge >= 0.3 is 5.97 Å². The van der Waals surface area contributed by atoms with Gasteiger partial charge in [0.1, 0.15) is 16.4 Å². The van der Waals surface area contributed by atoms with E-state index in [0.29, 0.717) is 0 Å². The van der Waals surface area contributed by atoms with Gasteiger partial charge in [0.25, 0.3) is 0 Å². The first-order valence-electron chi connectivity index (χ1n) is 6.36. The van der Waals surface area contributed by atoms with Gasteiger partial charge < -0.3 is 9.47 Å². The maximum Gasteiger partial charge on any atom is 0.312 e. The summed E-state index contributed by atoms with van der Waals surface area (Å²) < 4.78 is 10.7. The van der Waals surface area contributed by atoms with Gasteiger partial charge in [0, 0.05) is 5.56 Å². The molecule has 0 amide bonds. The monoisotopic (exact) mass is 289 g/mol. The molecule has 0 unspecified atom stereocenters. The van der Waals surface area contributed by atoms with Gasteiger partial charge in [-0.3, -0.25) is 4.79 Å². The second-order valence-electron chi connectivity index (χ2n) is 5.15. The third-order valence-electron chi connectivity index (χ3n) is 3.25. The van der Waals surface area contributed by atoms with Crippen LogP contribution in [-0.2, 0) is 21.6 Å². The number of fused-ring (bicyclic) bond motifs is 3. The fourth-order valence-corrected chi connectivity index (χ4v) is 3.40. The molecule has 2 aromatic rings. The molecule has 4 nitrogen and oxygen atoms in total. The topological polar surface area (TPSA) is 48.4 Å². The van der Waals surface area contributed by atoms with Crippen LogP contribution in [0.2, 0.25) is 0 Å². The molecular formula is C15H15NO3S. The average Bonchev–Trinajstić information content (AvgIpc) is 2.83. The van der Waals surface area contributed by atoms with E-state index < -0.39 is 5.60 Å². The highest BCUT2D eigenvalue weighted by Gasteiger charge is 2.36. The number of benzene rings is 1. The Morgan fingerprint density at radius 1 is 1.40 bits per heavy atom. The van der Waals surface area contributed by atoms with Crippen LogP contribution < -0.4 is 4.74 Å². The molecule has 0 radical (unpaired) electrons. The normalized spacial score (nSPS) is 14.9. The molecule has 3 rings (SSSR count). The highest BCUT2D eigenvalue weighted by atomic mass is 32.1. The number of esters is 1. The third-order valence-corrected chi connectivity index (χ3v) is 4.61. The summed E-state index contributed by atoms with van der Waals surface area (Å²) in [6, 6.07) is 7.84. The van der Waals surface area contributed by atoms with E-state index in [1.807, 2.05) is 38.1 Å². The molecule has 5 heteroatoms. The van der Waals surface area contributed by atoms with Crippen LogP contribution in [0.5, 0.6) is 5.75 Å². The molecule has 20 heavy (non-hydrogen) atoms. The summed E-state index contributed by atoms with van der Waals surface area (Å²) in [5.74, 6) is 0.558.